The molecule has 3 N–H and O–H groups in total. The minimum absolute atomic E-state index is 0.0297. The minimum Gasteiger partial charge on any atom is -0.392 e. The van der Waals surface area contributed by atoms with E-state index in [0.29, 0.717) is 12.8 Å². The Hall–Kier alpha value is -1.05. The van der Waals surface area contributed by atoms with Crippen LogP contribution in [0, 0.1) is 12.7 Å². The zero-order valence-corrected chi connectivity index (χ0v) is 13.2. The predicted molar refractivity (Wildman–Crippen MR) is 82.6 cm³/mol. The molecular formula is C13H19FN2O2S2. The molecular weight excluding hydrogens is 299 g/mol. The third-order valence-corrected chi connectivity index (χ3v) is 5.44. The number of sulfonamides is 1. The maximum atomic E-state index is 13.0. The van der Waals surface area contributed by atoms with Gasteiger partial charge in [0.1, 0.15) is 11.1 Å². The molecule has 0 spiro atoms. The molecule has 0 aromatic heterocycles. The van der Waals surface area contributed by atoms with Crippen LogP contribution in [0.5, 0.6) is 0 Å². The summed E-state index contributed by atoms with van der Waals surface area (Å²) in [6.45, 7) is 3.73. The molecule has 0 amide bonds. The summed E-state index contributed by atoms with van der Waals surface area (Å²) in [6.07, 6.45) is 0.819. The van der Waals surface area contributed by atoms with Crippen molar-refractivity contribution in [3.63, 3.8) is 0 Å². The Kier molecular flexibility index (Phi) is 6.04. The fourth-order valence-corrected chi connectivity index (χ4v) is 3.82. The van der Waals surface area contributed by atoms with E-state index in [1.54, 1.807) is 19.9 Å². The number of hydrogen-bond donors (Lipinski definition) is 2. The molecule has 7 heteroatoms. The standard InChI is InChI=1S/C13H19FN2O2S2/c1-3-12(13(15)19)20(17,18)16-7-6-10-4-5-11(14)8-9(10)2/h4-5,8,12,16H,3,6-7H2,1-2H3,(H2,15,19). The molecule has 0 aliphatic carbocycles. The van der Waals surface area contributed by atoms with Gasteiger partial charge in [0.2, 0.25) is 10.0 Å². The summed E-state index contributed by atoms with van der Waals surface area (Å²) in [7, 11) is -3.55. The van der Waals surface area contributed by atoms with Crippen molar-refractivity contribution in [2.24, 2.45) is 5.73 Å². The lowest BCUT2D eigenvalue weighted by atomic mass is 10.1. The smallest absolute Gasteiger partial charge is 0.221 e. The van der Waals surface area contributed by atoms with E-state index in [1.165, 1.54) is 12.1 Å². The van der Waals surface area contributed by atoms with Crippen LogP contribution in [0.3, 0.4) is 0 Å². The van der Waals surface area contributed by atoms with E-state index in [4.69, 9.17) is 18.0 Å². The summed E-state index contributed by atoms with van der Waals surface area (Å²) in [6, 6.07) is 4.44. The van der Waals surface area contributed by atoms with Gasteiger partial charge in [0, 0.05) is 6.54 Å². The Bertz CT molecular complexity index is 588. The van der Waals surface area contributed by atoms with Gasteiger partial charge >= 0.3 is 0 Å². The van der Waals surface area contributed by atoms with Crippen molar-refractivity contribution in [2.45, 2.75) is 31.9 Å². The molecule has 0 aliphatic heterocycles. The van der Waals surface area contributed by atoms with Crippen LogP contribution in [0.4, 0.5) is 4.39 Å². The van der Waals surface area contributed by atoms with Crippen LogP contribution in [-0.2, 0) is 16.4 Å². The minimum atomic E-state index is -3.55. The second-order valence-corrected chi connectivity index (χ2v) is 6.98. The molecule has 0 radical (unpaired) electrons. The Morgan fingerprint density at radius 1 is 1.50 bits per heavy atom. The molecule has 1 unspecified atom stereocenters. The van der Waals surface area contributed by atoms with Gasteiger partial charge in [0.15, 0.2) is 0 Å². The van der Waals surface area contributed by atoms with Gasteiger partial charge in [0.25, 0.3) is 0 Å². The predicted octanol–water partition coefficient (Wildman–Crippen LogP) is 1.66. The zero-order valence-electron chi connectivity index (χ0n) is 11.5. The largest absolute Gasteiger partial charge is 0.392 e. The summed E-state index contributed by atoms with van der Waals surface area (Å²) in [4.78, 5) is -0.0297. The Morgan fingerprint density at radius 2 is 2.15 bits per heavy atom. The topological polar surface area (TPSA) is 72.2 Å². The highest BCUT2D eigenvalue weighted by Crippen LogP contribution is 2.11. The molecule has 1 aromatic rings. The Labute approximate surface area is 124 Å². The van der Waals surface area contributed by atoms with Gasteiger partial charge in [-0.2, -0.15) is 0 Å². The second-order valence-electron chi connectivity index (χ2n) is 4.56. The van der Waals surface area contributed by atoms with Gasteiger partial charge in [-0.3, -0.25) is 0 Å². The number of hydrogen-bond acceptors (Lipinski definition) is 3. The molecule has 0 saturated carbocycles. The lowest BCUT2D eigenvalue weighted by Crippen LogP contribution is -2.42. The monoisotopic (exact) mass is 318 g/mol. The lowest BCUT2D eigenvalue weighted by Gasteiger charge is -2.15. The third kappa shape index (κ3) is 4.50. The third-order valence-electron chi connectivity index (χ3n) is 3.06. The van der Waals surface area contributed by atoms with Gasteiger partial charge in [-0.25, -0.2) is 17.5 Å². The summed E-state index contributed by atoms with van der Waals surface area (Å²) < 4.78 is 39.4. The van der Waals surface area contributed by atoms with Gasteiger partial charge in [-0.1, -0.05) is 25.2 Å². The number of rotatable bonds is 7. The molecule has 0 fully saturated rings. The van der Waals surface area contributed by atoms with Crippen molar-refractivity contribution in [1.29, 1.82) is 0 Å². The molecule has 1 rings (SSSR count). The average Bonchev–Trinajstić information content (AvgIpc) is 2.31. The lowest BCUT2D eigenvalue weighted by molar-refractivity contribution is 0.574. The first-order chi connectivity index (χ1) is 9.27. The Balaban J connectivity index is 2.66. The van der Waals surface area contributed by atoms with Crippen LogP contribution >= 0.6 is 12.2 Å². The van der Waals surface area contributed by atoms with E-state index < -0.39 is 15.3 Å². The first-order valence-electron chi connectivity index (χ1n) is 6.30. The van der Waals surface area contributed by atoms with Crippen molar-refractivity contribution in [1.82, 2.24) is 4.72 Å². The SMILES string of the molecule is CCC(C(N)=S)S(=O)(=O)NCCc1ccc(F)cc1C. The normalized spacial score (nSPS) is 13.2. The van der Waals surface area contributed by atoms with E-state index in [9.17, 15) is 12.8 Å². The van der Waals surface area contributed by atoms with Crippen LogP contribution in [0.25, 0.3) is 0 Å². The van der Waals surface area contributed by atoms with Gasteiger partial charge in [-0.15, -0.1) is 0 Å². The van der Waals surface area contributed by atoms with E-state index in [0.717, 1.165) is 11.1 Å². The van der Waals surface area contributed by atoms with Gasteiger partial charge < -0.3 is 5.73 Å². The quantitative estimate of drug-likeness (QED) is 0.750. The first kappa shape index (κ1) is 17.0. The molecule has 112 valence electrons. The van der Waals surface area contributed by atoms with Crippen molar-refractivity contribution in [3.8, 4) is 0 Å². The summed E-state index contributed by atoms with van der Waals surface area (Å²) in [5, 5.41) is -0.855. The van der Waals surface area contributed by atoms with Crippen molar-refractivity contribution in [2.75, 3.05) is 6.54 Å². The molecule has 20 heavy (non-hydrogen) atoms. The number of thiocarbonyl (C=S) groups is 1. The van der Waals surface area contributed by atoms with Crippen LogP contribution < -0.4 is 10.5 Å². The molecule has 0 aliphatic rings. The fraction of sp³-hybridized carbons (Fsp3) is 0.462. The van der Waals surface area contributed by atoms with Crippen LogP contribution in [0.2, 0.25) is 0 Å². The number of nitrogens with two attached hydrogens (primary N) is 1. The molecule has 4 nitrogen and oxygen atoms in total. The fourth-order valence-electron chi connectivity index (χ4n) is 1.94. The molecule has 0 saturated heterocycles. The highest BCUT2D eigenvalue weighted by molar-refractivity contribution is 7.93. The maximum Gasteiger partial charge on any atom is 0.221 e. The molecule has 0 heterocycles. The summed E-state index contributed by atoms with van der Waals surface area (Å²) >= 11 is 4.76. The second kappa shape index (κ2) is 7.10. The van der Waals surface area contributed by atoms with Crippen LogP contribution in [0.1, 0.15) is 24.5 Å². The first-order valence-corrected chi connectivity index (χ1v) is 8.26. The number of benzene rings is 1. The average molecular weight is 318 g/mol. The van der Waals surface area contributed by atoms with Crippen molar-refractivity contribution < 1.29 is 12.8 Å². The summed E-state index contributed by atoms with van der Waals surface area (Å²) in [5.74, 6) is -0.300. The van der Waals surface area contributed by atoms with E-state index in [2.05, 4.69) is 4.72 Å². The van der Waals surface area contributed by atoms with E-state index in [-0.39, 0.29) is 17.4 Å². The molecule has 1 aromatic carbocycles. The van der Waals surface area contributed by atoms with Crippen molar-refractivity contribution >= 4 is 27.2 Å². The highest BCUT2D eigenvalue weighted by Gasteiger charge is 2.25. The van der Waals surface area contributed by atoms with Gasteiger partial charge in [0.05, 0.1) is 4.99 Å². The van der Waals surface area contributed by atoms with Gasteiger partial charge in [-0.05, 0) is 43.0 Å². The van der Waals surface area contributed by atoms with Crippen LogP contribution in [0.15, 0.2) is 18.2 Å². The van der Waals surface area contributed by atoms with E-state index >= 15 is 0 Å². The Morgan fingerprint density at radius 3 is 2.65 bits per heavy atom. The number of nitrogens with one attached hydrogen (secondary N) is 1. The van der Waals surface area contributed by atoms with E-state index in [1.807, 2.05) is 0 Å². The molecule has 1 atom stereocenters. The molecule has 0 bridgehead atoms. The zero-order chi connectivity index (χ0) is 15.3. The number of halogens is 1. The van der Waals surface area contributed by atoms with Crippen LogP contribution in [-0.4, -0.2) is 25.2 Å². The highest BCUT2D eigenvalue weighted by atomic mass is 32.2. The maximum absolute atomic E-state index is 13.0. The summed E-state index contributed by atoms with van der Waals surface area (Å²) in [5.41, 5.74) is 7.12. The van der Waals surface area contributed by atoms with Crippen molar-refractivity contribution in [3.05, 3.63) is 35.1 Å². The number of aryl methyl sites for hydroxylation is 1.